The molecule has 2 N–H and O–H groups in total. The van der Waals surface area contributed by atoms with Crippen molar-refractivity contribution in [2.45, 2.75) is 57.5 Å². The van der Waals surface area contributed by atoms with E-state index < -0.39 is 16.1 Å². The summed E-state index contributed by atoms with van der Waals surface area (Å²) in [6.07, 6.45) is 1.02. The van der Waals surface area contributed by atoms with Crippen LogP contribution >= 0.6 is 0 Å². The van der Waals surface area contributed by atoms with Crippen molar-refractivity contribution in [3.8, 4) is 0 Å². The summed E-state index contributed by atoms with van der Waals surface area (Å²) in [6, 6.07) is 6.88. The molecule has 21 heavy (non-hydrogen) atoms. The van der Waals surface area contributed by atoms with Crippen LogP contribution < -0.4 is 4.72 Å². The Kier molecular flexibility index (Phi) is 6.84. The molecular weight excluding hydrogens is 286 g/mol. The lowest BCUT2D eigenvalue weighted by Gasteiger charge is -2.20. The molecule has 1 rings (SSSR count). The van der Waals surface area contributed by atoms with Crippen LogP contribution in [-0.2, 0) is 10.0 Å². The number of aliphatic hydroxyl groups is 1. The summed E-state index contributed by atoms with van der Waals surface area (Å²) >= 11 is 0. The first-order chi connectivity index (χ1) is 9.81. The molecule has 0 aliphatic rings. The van der Waals surface area contributed by atoms with Gasteiger partial charge in [0, 0.05) is 6.54 Å². The molecule has 0 saturated carbocycles. The summed E-state index contributed by atoms with van der Waals surface area (Å²) in [7, 11) is -3.56. The van der Waals surface area contributed by atoms with Crippen LogP contribution in [0.3, 0.4) is 0 Å². The Morgan fingerprint density at radius 1 is 1.10 bits per heavy atom. The van der Waals surface area contributed by atoms with E-state index in [0.29, 0.717) is 5.92 Å². The van der Waals surface area contributed by atoms with Crippen molar-refractivity contribution >= 4 is 10.0 Å². The molecular formula is C16H27NO3S. The summed E-state index contributed by atoms with van der Waals surface area (Å²) in [5.74, 6) is 0.488. The van der Waals surface area contributed by atoms with Gasteiger partial charge in [0.25, 0.3) is 0 Å². The van der Waals surface area contributed by atoms with Gasteiger partial charge in [0.1, 0.15) is 0 Å². The smallest absolute Gasteiger partial charge is 0.240 e. The van der Waals surface area contributed by atoms with Gasteiger partial charge in [-0.15, -0.1) is 0 Å². The molecule has 5 heteroatoms. The van der Waals surface area contributed by atoms with Crippen LogP contribution in [0.25, 0.3) is 0 Å². The van der Waals surface area contributed by atoms with Gasteiger partial charge < -0.3 is 5.11 Å². The molecule has 0 aromatic heterocycles. The molecule has 0 aliphatic carbocycles. The van der Waals surface area contributed by atoms with Crippen molar-refractivity contribution in [2.75, 3.05) is 6.54 Å². The Balaban J connectivity index is 2.73. The standard InChI is InChI=1S/C16H27NO3S/c1-5-13(6-2)16(18)11-17-21(19,20)15-9-7-14(8-10-15)12(3)4/h7-10,12-13,16-18H,5-6,11H2,1-4H3. The number of hydrogen-bond donors (Lipinski definition) is 2. The van der Waals surface area contributed by atoms with Gasteiger partial charge in [0.05, 0.1) is 11.0 Å². The van der Waals surface area contributed by atoms with Gasteiger partial charge in [-0.25, -0.2) is 13.1 Å². The minimum atomic E-state index is -3.56. The van der Waals surface area contributed by atoms with Crippen LogP contribution in [0, 0.1) is 5.92 Å². The highest BCUT2D eigenvalue weighted by Crippen LogP contribution is 2.18. The number of benzene rings is 1. The van der Waals surface area contributed by atoms with E-state index in [9.17, 15) is 13.5 Å². The second-order valence-corrected chi connectivity index (χ2v) is 7.49. The molecule has 4 nitrogen and oxygen atoms in total. The Morgan fingerprint density at radius 2 is 1.62 bits per heavy atom. The number of nitrogens with one attached hydrogen (secondary N) is 1. The van der Waals surface area contributed by atoms with Crippen molar-refractivity contribution in [3.63, 3.8) is 0 Å². The normalized spacial score (nSPS) is 13.9. The van der Waals surface area contributed by atoms with Crippen molar-refractivity contribution in [1.82, 2.24) is 4.72 Å². The third kappa shape index (κ3) is 5.09. The van der Waals surface area contributed by atoms with E-state index in [-0.39, 0.29) is 17.4 Å². The molecule has 1 aromatic carbocycles. The van der Waals surface area contributed by atoms with Crippen LogP contribution in [0.2, 0.25) is 0 Å². The van der Waals surface area contributed by atoms with E-state index in [1.54, 1.807) is 12.1 Å². The first-order valence-corrected chi connectivity index (χ1v) is 9.07. The molecule has 0 fully saturated rings. The third-order valence-electron chi connectivity index (χ3n) is 3.93. The van der Waals surface area contributed by atoms with Crippen molar-refractivity contribution in [2.24, 2.45) is 5.92 Å². The largest absolute Gasteiger partial charge is 0.391 e. The lowest BCUT2D eigenvalue weighted by atomic mass is 9.97. The van der Waals surface area contributed by atoms with Crippen LogP contribution in [0.1, 0.15) is 52.0 Å². The van der Waals surface area contributed by atoms with Gasteiger partial charge in [-0.2, -0.15) is 0 Å². The Morgan fingerprint density at radius 3 is 2.05 bits per heavy atom. The SMILES string of the molecule is CCC(CC)C(O)CNS(=O)(=O)c1ccc(C(C)C)cc1. The first kappa shape index (κ1) is 18.1. The van der Waals surface area contributed by atoms with Crippen molar-refractivity contribution in [1.29, 1.82) is 0 Å². The minimum Gasteiger partial charge on any atom is -0.391 e. The molecule has 0 radical (unpaired) electrons. The number of hydrogen-bond acceptors (Lipinski definition) is 3. The molecule has 0 amide bonds. The van der Waals surface area contributed by atoms with Gasteiger partial charge in [-0.05, 0) is 29.5 Å². The second-order valence-electron chi connectivity index (χ2n) is 5.72. The molecule has 1 unspecified atom stereocenters. The molecule has 0 spiro atoms. The van der Waals surface area contributed by atoms with E-state index in [0.717, 1.165) is 18.4 Å². The fraction of sp³-hybridized carbons (Fsp3) is 0.625. The molecule has 1 aromatic rings. The zero-order valence-electron chi connectivity index (χ0n) is 13.3. The fourth-order valence-electron chi connectivity index (χ4n) is 2.31. The van der Waals surface area contributed by atoms with E-state index >= 15 is 0 Å². The summed E-state index contributed by atoms with van der Waals surface area (Å²) in [5.41, 5.74) is 1.10. The van der Waals surface area contributed by atoms with Crippen LogP contribution in [-0.4, -0.2) is 26.2 Å². The predicted molar refractivity (Wildman–Crippen MR) is 85.8 cm³/mol. The Hall–Kier alpha value is -0.910. The van der Waals surface area contributed by atoms with Gasteiger partial charge in [-0.3, -0.25) is 0 Å². The summed E-state index contributed by atoms with van der Waals surface area (Å²) < 4.78 is 26.9. The number of aliphatic hydroxyl groups excluding tert-OH is 1. The van der Waals surface area contributed by atoms with Gasteiger partial charge in [0.15, 0.2) is 0 Å². The van der Waals surface area contributed by atoms with E-state index in [4.69, 9.17) is 0 Å². The lowest BCUT2D eigenvalue weighted by Crippen LogP contribution is -2.36. The van der Waals surface area contributed by atoms with Crippen LogP contribution in [0.5, 0.6) is 0 Å². The highest BCUT2D eigenvalue weighted by atomic mass is 32.2. The molecule has 1 atom stereocenters. The molecule has 0 aliphatic heterocycles. The minimum absolute atomic E-state index is 0.0562. The zero-order chi connectivity index (χ0) is 16.0. The monoisotopic (exact) mass is 313 g/mol. The molecule has 120 valence electrons. The third-order valence-corrected chi connectivity index (χ3v) is 5.37. The zero-order valence-corrected chi connectivity index (χ0v) is 14.2. The van der Waals surface area contributed by atoms with Gasteiger partial charge >= 0.3 is 0 Å². The lowest BCUT2D eigenvalue weighted by molar-refractivity contribution is 0.107. The van der Waals surface area contributed by atoms with Crippen LogP contribution in [0.15, 0.2) is 29.2 Å². The number of sulfonamides is 1. The average Bonchev–Trinajstić information content (AvgIpc) is 2.46. The maximum Gasteiger partial charge on any atom is 0.240 e. The molecule has 0 bridgehead atoms. The van der Waals surface area contributed by atoms with Crippen molar-refractivity contribution in [3.05, 3.63) is 29.8 Å². The topological polar surface area (TPSA) is 66.4 Å². The van der Waals surface area contributed by atoms with E-state index in [2.05, 4.69) is 18.6 Å². The van der Waals surface area contributed by atoms with Crippen LogP contribution in [0.4, 0.5) is 0 Å². The van der Waals surface area contributed by atoms with E-state index in [1.807, 2.05) is 26.0 Å². The quantitative estimate of drug-likeness (QED) is 0.775. The number of rotatable bonds is 8. The summed E-state index contributed by atoms with van der Waals surface area (Å²) in [4.78, 5) is 0.239. The highest BCUT2D eigenvalue weighted by molar-refractivity contribution is 7.89. The molecule has 0 heterocycles. The highest BCUT2D eigenvalue weighted by Gasteiger charge is 2.20. The molecule has 0 saturated heterocycles. The van der Waals surface area contributed by atoms with Gasteiger partial charge in [-0.1, -0.05) is 52.7 Å². The first-order valence-electron chi connectivity index (χ1n) is 7.59. The summed E-state index contributed by atoms with van der Waals surface area (Å²) in [5, 5.41) is 10.0. The summed E-state index contributed by atoms with van der Waals surface area (Å²) in [6.45, 7) is 8.18. The predicted octanol–water partition coefficient (Wildman–Crippen LogP) is 2.89. The van der Waals surface area contributed by atoms with Crippen molar-refractivity contribution < 1.29 is 13.5 Å². The maximum absolute atomic E-state index is 12.2. The van der Waals surface area contributed by atoms with Gasteiger partial charge in [0.2, 0.25) is 10.0 Å². The average molecular weight is 313 g/mol. The Labute approximate surface area is 128 Å². The fourth-order valence-corrected chi connectivity index (χ4v) is 3.36. The Bertz CT molecular complexity index is 519. The van der Waals surface area contributed by atoms with E-state index in [1.165, 1.54) is 0 Å². The second kappa shape index (κ2) is 7.92. The maximum atomic E-state index is 12.2.